The molecule has 5 nitrogen and oxygen atoms in total. The first kappa shape index (κ1) is 13.4. The van der Waals surface area contributed by atoms with Gasteiger partial charge in [-0.3, -0.25) is 4.79 Å². The highest BCUT2D eigenvalue weighted by molar-refractivity contribution is 5.78. The average molecular weight is 277 g/mol. The summed E-state index contributed by atoms with van der Waals surface area (Å²) in [6, 6.07) is 7.87. The Hall–Kier alpha value is -1.59. The van der Waals surface area contributed by atoms with Gasteiger partial charge in [0.15, 0.2) is 0 Å². The van der Waals surface area contributed by atoms with Crippen LogP contribution in [0.4, 0.5) is 0 Å². The zero-order valence-electron chi connectivity index (χ0n) is 11.5. The SMILES string of the molecule is COCC(=O)N1C[C@@H]2c3ccccc3OC[C@]2(CO)C1. The molecule has 2 aliphatic heterocycles. The first-order valence-corrected chi connectivity index (χ1v) is 6.79. The third-order valence-electron chi connectivity index (χ3n) is 4.39. The second-order valence-electron chi connectivity index (χ2n) is 5.61. The number of hydrogen-bond acceptors (Lipinski definition) is 4. The maximum Gasteiger partial charge on any atom is 0.248 e. The van der Waals surface area contributed by atoms with Gasteiger partial charge in [-0.2, -0.15) is 0 Å². The maximum absolute atomic E-state index is 12.0. The highest BCUT2D eigenvalue weighted by Gasteiger charge is 2.51. The van der Waals surface area contributed by atoms with E-state index in [1.54, 1.807) is 4.90 Å². The van der Waals surface area contributed by atoms with Crippen LogP contribution in [0.2, 0.25) is 0 Å². The number of rotatable bonds is 3. The fraction of sp³-hybridized carbons (Fsp3) is 0.533. The summed E-state index contributed by atoms with van der Waals surface area (Å²) in [5.74, 6) is 0.952. The van der Waals surface area contributed by atoms with Crippen LogP contribution in [0.5, 0.6) is 5.75 Å². The molecule has 2 aliphatic rings. The molecule has 5 heteroatoms. The van der Waals surface area contributed by atoms with Gasteiger partial charge in [0.05, 0.1) is 18.6 Å². The summed E-state index contributed by atoms with van der Waals surface area (Å²) in [5.41, 5.74) is 0.693. The Kier molecular flexibility index (Phi) is 3.40. The Morgan fingerprint density at radius 2 is 2.35 bits per heavy atom. The molecule has 2 atom stereocenters. The smallest absolute Gasteiger partial charge is 0.248 e. The van der Waals surface area contributed by atoms with Crippen LogP contribution >= 0.6 is 0 Å². The second kappa shape index (κ2) is 5.07. The molecule has 2 heterocycles. The predicted molar refractivity (Wildman–Crippen MR) is 72.7 cm³/mol. The monoisotopic (exact) mass is 277 g/mol. The number of likely N-dealkylation sites (tertiary alicyclic amines) is 1. The van der Waals surface area contributed by atoms with Crippen LogP contribution in [0.25, 0.3) is 0 Å². The van der Waals surface area contributed by atoms with Gasteiger partial charge in [0.25, 0.3) is 0 Å². The number of carbonyl (C=O) groups excluding carboxylic acids is 1. The van der Waals surface area contributed by atoms with E-state index in [0.29, 0.717) is 19.7 Å². The Labute approximate surface area is 118 Å². The molecule has 1 aromatic carbocycles. The van der Waals surface area contributed by atoms with Gasteiger partial charge in [-0.05, 0) is 11.6 Å². The van der Waals surface area contributed by atoms with Crippen LogP contribution in [0.1, 0.15) is 11.5 Å². The molecule has 1 fully saturated rings. The molecule has 0 bridgehead atoms. The normalized spacial score (nSPS) is 27.7. The summed E-state index contributed by atoms with van der Waals surface area (Å²) in [6.07, 6.45) is 0. The van der Waals surface area contributed by atoms with E-state index in [9.17, 15) is 9.90 Å². The van der Waals surface area contributed by atoms with E-state index in [-0.39, 0.29) is 25.0 Å². The quantitative estimate of drug-likeness (QED) is 0.880. The van der Waals surface area contributed by atoms with E-state index in [1.165, 1.54) is 7.11 Å². The van der Waals surface area contributed by atoms with Crippen molar-refractivity contribution in [1.29, 1.82) is 0 Å². The van der Waals surface area contributed by atoms with Crippen molar-refractivity contribution in [3.63, 3.8) is 0 Å². The van der Waals surface area contributed by atoms with Crippen LogP contribution in [0, 0.1) is 5.41 Å². The van der Waals surface area contributed by atoms with Crippen LogP contribution in [0.3, 0.4) is 0 Å². The van der Waals surface area contributed by atoms with Crippen LogP contribution < -0.4 is 4.74 Å². The number of carbonyl (C=O) groups is 1. The van der Waals surface area contributed by atoms with Gasteiger partial charge in [-0.25, -0.2) is 0 Å². The molecular formula is C15H19NO4. The summed E-state index contributed by atoms with van der Waals surface area (Å²) < 4.78 is 10.7. The number of benzene rings is 1. The lowest BCUT2D eigenvalue weighted by Crippen LogP contribution is -2.42. The van der Waals surface area contributed by atoms with Crippen molar-refractivity contribution in [3.8, 4) is 5.75 Å². The van der Waals surface area contributed by atoms with Gasteiger partial charge < -0.3 is 19.5 Å². The molecule has 0 unspecified atom stereocenters. The van der Waals surface area contributed by atoms with E-state index < -0.39 is 5.41 Å². The summed E-state index contributed by atoms with van der Waals surface area (Å²) in [4.78, 5) is 13.8. The number of methoxy groups -OCH3 is 1. The van der Waals surface area contributed by atoms with Gasteiger partial charge in [0.1, 0.15) is 12.4 Å². The largest absolute Gasteiger partial charge is 0.493 e. The van der Waals surface area contributed by atoms with Gasteiger partial charge in [0, 0.05) is 26.1 Å². The lowest BCUT2D eigenvalue weighted by atomic mass is 9.74. The maximum atomic E-state index is 12.0. The molecule has 1 N–H and O–H groups in total. The molecular weight excluding hydrogens is 258 g/mol. The molecule has 1 saturated heterocycles. The van der Waals surface area contributed by atoms with Gasteiger partial charge >= 0.3 is 0 Å². The van der Waals surface area contributed by atoms with Crippen molar-refractivity contribution in [2.45, 2.75) is 5.92 Å². The fourth-order valence-electron chi connectivity index (χ4n) is 3.28. The number of aliphatic hydroxyl groups is 1. The van der Waals surface area contributed by atoms with Crippen molar-refractivity contribution < 1.29 is 19.4 Å². The summed E-state index contributed by atoms with van der Waals surface area (Å²) in [5, 5.41) is 9.86. The lowest BCUT2D eigenvalue weighted by Gasteiger charge is -2.37. The number of ether oxygens (including phenoxy) is 2. The number of fused-ring (bicyclic) bond motifs is 3. The molecule has 20 heavy (non-hydrogen) atoms. The first-order valence-electron chi connectivity index (χ1n) is 6.79. The van der Waals surface area contributed by atoms with E-state index in [2.05, 4.69) is 0 Å². The Bertz CT molecular complexity index is 518. The molecule has 0 radical (unpaired) electrons. The highest BCUT2D eigenvalue weighted by atomic mass is 16.5. The van der Waals surface area contributed by atoms with Crippen molar-refractivity contribution in [2.24, 2.45) is 5.41 Å². The lowest BCUT2D eigenvalue weighted by molar-refractivity contribution is -0.134. The minimum absolute atomic E-state index is 0.0166. The first-order chi connectivity index (χ1) is 9.70. The summed E-state index contributed by atoms with van der Waals surface area (Å²) >= 11 is 0. The Morgan fingerprint density at radius 3 is 3.10 bits per heavy atom. The van der Waals surface area contributed by atoms with Crippen molar-refractivity contribution in [3.05, 3.63) is 29.8 Å². The number of aliphatic hydroxyl groups excluding tert-OH is 1. The molecule has 3 rings (SSSR count). The van der Waals surface area contributed by atoms with Gasteiger partial charge in [0.2, 0.25) is 5.91 Å². The van der Waals surface area contributed by atoms with E-state index in [4.69, 9.17) is 9.47 Å². The average Bonchev–Trinajstić information content (AvgIpc) is 2.88. The van der Waals surface area contributed by atoms with Crippen molar-refractivity contribution in [2.75, 3.05) is 40.0 Å². The van der Waals surface area contributed by atoms with Crippen LogP contribution in [0.15, 0.2) is 24.3 Å². The zero-order chi connectivity index (χ0) is 14.2. The van der Waals surface area contributed by atoms with Gasteiger partial charge in [-0.1, -0.05) is 18.2 Å². The number of hydrogen-bond donors (Lipinski definition) is 1. The molecule has 1 amide bonds. The van der Waals surface area contributed by atoms with Gasteiger partial charge in [-0.15, -0.1) is 0 Å². The zero-order valence-corrected chi connectivity index (χ0v) is 11.5. The molecule has 0 saturated carbocycles. The van der Waals surface area contributed by atoms with Crippen LogP contribution in [-0.4, -0.2) is 55.9 Å². The minimum atomic E-state index is -0.391. The summed E-state index contributed by atoms with van der Waals surface area (Å²) in [6.45, 7) is 1.68. The number of amides is 1. The highest BCUT2D eigenvalue weighted by Crippen LogP contribution is 2.49. The topological polar surface area (TPSA) is 59.0 Å². The standard InChI is InChI=1S/C15H19NO4/c1-19-7-14(18)16-6-12-11-4-2-3-5-13(11)20-10-15(12,8-16)9-17/h2-5,12,17H,6-10H2,1H3/t12-,15-/m1/s1. The fourth-order valence-corrected chi connectivity index (χ4v) is 3.28. The minimum Gasteiger partial charge on any atom is -0.493 e. The molecule has 0 aliphatic carbocycles. The predicted octanol–water partition coefficient (Wildman–Crippen LogP) is 0.630. The van der Waals surface area contributed by atoms with E-state index >= 15 is 0 Å². The second-order valence-corrected chi connectivity index (χ2v) is 5.61. The van der Waals surface area contributed by atoms with Crippen molar-refractivity contribution >= 4 is 5.91 Å². The molecule has 0 aromatic heterocycles. The summed E-state index contributed by atoms with van der Waals surface area (Å²) in [7, 11) is 1.52. The third-order valence-corrected chi connectivity index (χ3v) is 4.39. The van der Waals surface area contributed by atoms with E-state index in [0.717, 1.165) is 11.3 Å². The molecule has 0 spiro atoms. The third kappa shape index (κ3) is 1.98. The Morgan fingerprint density at radius 1 is 1.55 bits per heavy atom. The number of nitrogens with zero attached hydrogens (tertiary/aromatic N) is 1. The number of para-hydroxylation sites is 1. The van der Waals surface area contributed by atoms with E-state index in [1.807, 2.05) is 24.3 Å². The van der Waals surface area contributed by atoms with Crippen LogP contribution in [-0.2, 0) is 9.53 Å². The molecule has 1 aromatic rings. The van der Waals surface area contributed by atoms with Crippen molar-refractivity contribution in [1.82, 2.24) is 4.90 Å². The Balaban J connectivity index is 1.91. The molecule has 108 valence electrons.